The monoisotopic (exact) mass is 189 g/mol. The number of methoxy groups -OCH3 is 1. The van der Waals surface area contributed by atoms with Crippen LogP contribution in [0, 0.1) is 0 Å². The van der Waals surface area contributed by atoms with E-state index in [0.717, 1.165) is 7.11 Å². The van der Waals surface area contributed by atoms with E-state index in [1.54, 1.807) is 0 Å². The summed E-state index contributed by atoms with van der Waals surface area (Å²) in [5.74, 6) is -1.58. The second-order valence-electron chi connectivity index (χ2n) is 2.43. The van der Waals surface area contributed by atoms with Gasteiger partial charge in [-0.15, -0.1) is 0 Å². The standard InChI is InChI=1S/C7H11NO5/c1-4(9)3-5(6(10)11)8-7(12)13-2/h5H,3H2,1-2H3,(H,8,12)(H,10,11). The number of carbonyl (C=O) groups is 3. The van der Waals surface area contributed by atoms with Crippen LogP contribution in [0.25, 0.3) is 0 Å². The SMILES string of the molecule is COC(=O)NC(CC(C)=O)C(=O)O. The highest BCUT2D eigenvalue weighted by Crippen LogP contribution is 1.94. The Morgan fingerprint density at radius 3 is 2.31 bits per heavy atom. The molecule has 0 aromatic carbocycles. The van der Waals surface area contributed by atoms with Gasteiger partial charge < -0.3 is 15.2 Å². The number of carboxylic acid groups (broad SMARTS) is 1. The lowest BCUT2D eigenvalue weighted by atomic mass is 10.1. The van der Waals surface area contributed by atoms with Gasteiger partial charge in [0.1, 0.15) is 11.8 Å². The van der Waals surface area contributed by atoms with E-state index in [-0.39, 0.29) is 12.2 Å². The third-order valence-electron chi connectivity index (χ3n) is 1.27. The van der Waals surface area contributed by atoms with Gasteiger partial charge in [0.05, 0.1) is 7.11 Å². The summed E-state index contributed by atoms with van der Waals surface area (Å²) in [7, 11) is 1.11. The first kappa shape index (κ1) is 11.4. The van der Waals surface area contributed by atoms with E-state index >= 15 is 0 Å². The highest BCUT2D eigenvalue weighted by Gasteiger charge is 2.21. The van der Waals surface area contributed by atoms with Gasteiger partial charge in [0, 0.05) is 6.42 Å². The van der Waals surface area contributed by atoms with Crippen molar-refractivity contribution in [1.29, 1.82) is 0 Å². The van der Waals surface area contributed by atoms with Gasteiger partial charge in [-0.1, -0.05) is 0 Å². The molecule has 1 atom stereocenters. The first-order valence-corrected chi connectivity index (χ1v) is 3.54. The molecule has 0 radical (unpaired) electrons. The van der Waals surface area contributed by atoms with Crippen molar-refractivity contribution in [3.05, 3.63) is 0 Å². The highest BCUT2D eigenvalue weighted by molar-refractivity contribution is 5.86. The number of ether oxygens (including phenoxy) is 1. The zero-order valence-electron chi connectivity index (χ0n) is 7.36. The minimum atomic E-state index is -1.26. The fraction of sp³-hybridized carbons (Fsp3) is 0.571. The Balaban J connectivity index is 4.18. The Kier molecular flexibility index (Phi) is 4.50. The van der Waals surface area contributed by atoms with Crippen molar-refractivity contribution < 1.29 is 24.2 Å². The van der Waals surface area contributed by atoms with E-state index in [9.17, 15) is 14.4 Å². The lowest BCUT2D eigenvalue weighted by molar-refractivity contribution is -0.140. The number of nitrogens with one attached hydrogen (secondary N) is 1. The number of amides is 1. The molecule has 6 nitrogen and oxygen atoms in total. The van der Waals surface area contributed by atoms with Crippen LogP contribution in [0.15, 0.2) is 0 Å². The number of aliphatic carboxylic acids is 1. The van der Waals surface area contributed by atoms with Crippen LogP contribution >= 0.6 is 0 Å². The van der Waals surface area contributed by atoms with Crippen molar-refractivity contribution in [2.24, 2.45) is 0 Å². The summed E-state index contributed by atoms with van der Waals surface area (Å²) in [6.07, 6.45) is -1.11. The maximum absolute atomic E-state index is 10.6. The number of Topliss-reactive ketones (excluding diaryl/α,β-unsaturated/α-hetero) is 1. The van der Waals surface area contributed by atoms with Gasteiger partial charge in [-0.3, -0.25) is 4.79 Å². The predicted octanol–water partition coefficient (Wildman–Crippen LogP) is -0.225. The second-order valence-corrected chi connectivity index (χ2v) is 2.43. The van der Waals surface area contributed by atoms with Crippen LogP contribution in [0.1, 0.15) is 13.3 Å². The molecule has 13 heavy (non-hydrogen) atoms. The maximum atomic E-state index is 10.6. The Hall–Kier alpha value is -1.59. The third kappa shape index (κ3) is 4.78. The van der Waals surface area contributed by atoms with E-state index in [2.05, 4.69) is 4.74 Å². The van der Waals surface area contributed by atoms with Crippen molar-refractivity contribution in [3.63, 3.8) is 0 Å². The van der Waals surface area contributed by atoms with E-state index in [0.29, 0.717) is 0 Å². The number of carboxylic acids is 1. The molecule has 0 spiro atoms. The fourth-order valence-corrected chi connectivity index (χ4v) is 0.689. The summed E-state index contributed by atoms with van der Waals surface area (Å²) >= 11 is 0. The molecule has 1 unspecified atom stereocenters. The molecule has 0 saturated heterocycles. The molecule has 0 aromatic rings. The minimum absolute atomic E-state index is 0.246. The van der Waals surface area contributed by atoms with Gasteiger partial charge in [-0.05, 0) is 6.92 Å². The number of carbonyl (C=O) groups excluding carboxylic acids is 2. The van der Waals surface area contributed by atoms with Crippen molar-refractivity contribution in [2.75, 3.05) is 7.11 Å². The Labute approximate surface area is 74.9 Å². The Morgan fingerprint density at radius 2 is 2.00 bits per heavy atom. The van der Waals surface area contributed by atoms with E-state index in [4.69, 9.17) is 5.11 Å². The molecular formula is C7H11NO5. The highest BCUT2D eigenvalue weighted by atomic mass is 16.5. The van der Waals surface area contributed by atoms with Crippen LogP contribution in [0.3, 0.4) is 0 Å². The van der Waals surface area contributed by atoms with Crippen molar-refractivity contribution in [1.82, 2.24) is 5.32 Å². The number of hydrogen-bond donors (Lipinski definition) is 2. The van der Waals surface area contributed by atoms with Crippen molar-refractivity contribution in [2.45, 2.75) is 19.4 Å². The van der Waals surface area contributed by atoms with E-state index < -0.39 is 18.1 Å². The second kappa shape index (κ2) is 5.13. The molecule has 0 heterocycles. The van der Waals surface area contributed by atoms with Gasteiger partial charge in [-0.25, -0.2) is 9.59 Å². The van der Waals surface area contributed by atoms with Crippen LogP contribution in [0.5, 0.6) is 0 Å². The molecule has 2 N–H and O–H groups in total. The summed E-state index contributed by atoms with van der Waals surface area (Å²) in [5.41, 5.74) is 0. The molecule has 0 aliphatic heterocycles. The van der Waals surface area contributed by atoms with E-state index in [1.807, 2.05) is 5.32 Å². The Bertz CT molecular complexity index is 225. The third-order valence-corrected chi connectivity index (χ3v) is 1.27. The van der Waals surface area contributed by atoms with Crippen molar-refractivity contribution >= 4 is 17.8 Å². The largest absolute Gasteiger partial charge is 0.480 e. The molecule has 0 saturated carbocycles. The summed E-state index contributed by atoms with van der Waals surface area (Å²) in [6.45, 7) is 1.24. The summed E-state index contributed by atoms with van der Waals surface area (Å²) in [6, 6.07) is -1.22. The smallest absolute Gasteiger partial charge is 0.407 e. The van der Waals surface area contributed by atoms with Gasteiger partial charge in [0.15, 0.2) is 0 Å². The lowest BCUT2D eigenvalue weighted by Crippen LogP contribution is -2.41. The van der Waals surface area contributed by atoms with Gasteiger partial charge >= 0.3 is 12.1 Å². The van der Waals surface area contributed by atoms with Gasteiger partial charge in [0.25, 0.3) is 0 Å². The average Bonchev–Trinajstić information content (AvgIpc) is 2.02. The molecule has 0 aliphatic rings. The molecule has 74 valence electrons. The molecule has 0 fully saturated rings. The van der Waals surface area contributed by atoms with Crippen LogP contribution in [0.4, 0.5) is 4.79 Å². The van der Waals surface area contributed by atoms with E-state index in [1.165, 1.54) is 6.92 Å². The first-order valence-electron chi connectivity index (χ1n) is 3.54. The number of ketones is 1. The Morgan fingerprint density at radius 1 is 1.46 bits per heavy atom. The maximum Gasteiger partial charge on any atom is 0.407 e. The fourth-order valence-electron chi connectivity index (χ4n) is 0.689. The minimum Gasteiger partial charge on any atom is -0.480 e. The molecule has 1 amide bonds. The lowest BCUT2D eigenvalue weighted by Gasteiger charge is -2.11. The summed E-state index contributed by atoms with van der Waals surface area (Å²) in [5, 5.41) is 10.6. The quantitative estimate of drug-likeness (QED) is 0.637. The van der Waals surface area contributed by atoms with Crippen LogP contribution in [-0.2, 0) is 14.3 Å². The summed E-state index contributed by atoms with van der Waals surface area (Å²) in [4.78, 5) is 31.6. The number of rotatable bonds is 4. The van der Waals surface area contributed by atoms with Crippen LogP contribution in [-0.4, -0.2) is 36.1 Å². The number of hydrogen-bond acceptors (Lipinski definition) is 4. The molecule has 0 bridgehead atoms. The van der Waals surface area contributed by atoms with Crippen molar-refractivity contribution in [3.8, 4) is 0 Å². The molecule has 0 aliphatic carbocycles. The molecule has 6 heteroatoms. The zero-order valence-corrected chi connectivity index (χ0v) is 7.36. The average molecular weight is 189 g/mol. The number of alkyl carbamates (subject to hydrolysis) is 1. The molecule has 0 aromatic heterocycles. The predicted molar refractivity (Wildman–Crippen MR) is 42.3 cm³/mol. The normalized spacial score (nSPS) is 11.5. The van der Waals surface area contributed by atoms with Crippen LogP contribution < -0.4 is 5.32 Å². The molecule has 0 rings (SSSR count). The van der Waals surface area contributed by atoms with Crippen LogP contribution in [0.2, 0.25) is 0 Å². The topological polar surface area (TPSA) is 92.7 Å². The van der Waals surface area contributed by atoms with Gasteiger partial charge in [-0.2, -0.15) is 0 Å². The van der Waals surface area contributed by atoms with Gasteiger partial charge in [0.2, 0.25) is 0 Å². The summed E-state index contributed by atoms with van der Waals surface area (Å²) < 4.78 is 4.19. The molecular weight excluding hydrogens is 178 g/mol. The first-order chi connectivity index (χ1) is 5.97. The zero-order chi connectivity index (χ0) is 10.4.